The topological polar surface area (TPSA) is 129 Å². The number of aliphatic hydroxyl groups is 1. The summed E-state index contributed by atoms with van der Waals surface area (Å²) in [6, 6.07) is 7.03. The fraction of sp³-hybridized carbons (Fsp3) is 0.622. The molecule has 268 valence electrons. The lowest BCUT2D eigenvalue weighted by Gasteiger charge is -2.39. The zero-order chi connectivity index (χ0) is 35.3. The number of rotatable bonds is 16. The van der Waals surface area contributed by atoms with Crippen LogP contribution in [0.3, 0.4) is 0 Å². The van der Waals surface area contributed by atoms with Gasteiger partial charge >= 0.3 is 5.97 Å². The molecule has 0 unspecified atom stereocenters. The average Bonchev–Trinajstić information content (AvgIpc) is 3.78. The van der Waals surface area contributed by atoms with Crippen molar-refractivity contribution in [3.63, 3.8) is 0 Å². The molecule has 4 aliphatic rings. The fourth-order valence-corrected chi connectivity index (χ4v) is 8.03. The standard InChI is InChI=1S/C37H52N4O8/c1-6-8-14-29(43)38(5)26(4)32(27-12-10-9-11-13-27)48-36(46)30-28-15-16-37(49-28)31(30)34(44)41(25(3)24-42)33(37)35(45)40(17-7-2)19-18-39-20-22-47-23-21-39/h6-7,9-13,25-26,28,30-33,42H,1-2,8,14-24H2,3-5H3/t25-,26+,28-,30+,31+,32-,33-,37+/m1/s1. The van der Waals surface area contributed by atoms with Crippen molar-refractivity contribution < 1.29 is 38.5 Å². The van der Waals surface area contributed by atoms with Crippen molar-refractivity contribution in [2.75, 3.05) is 59.6 Å². The second-order valence-electron chi connectivity index (χ2n) is 13.7. The van der Waals surface area contributed by atoms with E-state index in [4.69, 9.17) is 14.2 Å². The van der Waals surface area contributed by atoms with E-state index < -0.39 is 59.6 Å². The number of ether oxygens (including phenoxy) is 3. The molecule has 4 fully saturated rings. The fourth-order valence-electron chi connectivity index (χ4n) is 8.03. The first kappa shape index (κ1) is 36.7. The Bertz CT molecular complexity index is 1370. The second-order valence-corrected chi connectivity index (χ2v) is 13.7. The van der Waals surface area contributed by atoms with Gasteiger partial charge in [-0.15, -0.1) is 13.2 Å². The van der Waals surface area contributed by atoms with E-state index in [0.29, 0.717) is 51.1 Å². The molecule has 0 aliphatic carbocycles. The molecule has 0 saturated carbocycles. The third-order valence-electron chi connectivity index (χ3n) is 10.8. The van der Waals surface area contributed by atoms with Crippen molar-refractivity contribution in [2.45, 2.75) is 75.5 Å². The van der Waals surface area contributed by atoms with Gasteiger partial charge in [-0.2, -0.15) is 0 Å². The molecule has 3 amide bonds. The van der Waals surface area contributed by atoms with Gasteiger partial charge in [0.1, 0.15) is 17.7 Å². The summed E-state index contributed by atoms with van der Waals surface area (Å²) in [5.74, 6) is -3.28. The van der Waals surface area contributed by atoms with Crippen molar-refractivity contribution in [3.05, 3.63) is 61.2 Å². The zero-order valence-corrected chi connectivity index (χ0v) is 29.1. The Hall–Kier alpha value is -3.58. The van der Waals surface area contributed by atoms with Crippen LogP contribution in [0.1, 0.15) is 51.2 Å². The summed E-state index contributed by atoms with van der Waals surface area (Å²) in [5.41, 5.74) is -0.525. The number of benzene rings is 1. The van der Waals surface area contributed by atoms with Gasteiger partial charge in [0.2, 0.25) is 17.7 Å². The molecule has 2 bridgehead atoms. The van der Waals surface area contributed by atoms with E-state index in [1.165, 1.54) is 4.90 Å². The third kappa shape index (κ3) is 7.19. The number of carbonyl (C=O) groups is 4. The van der Waals surface area contributed by atoms with Crippen molar-refractivity contribution >= 4 is 23.7 Å². The van der Waals surface area contributed by atoms with Crippen molar-refractivity contribution in [2.24, 2.45) is 11.8 Å². The van der Waals surface area contributed by atoms with Gasteiger partial charge in [0.25, 0.3) is 0 Å². The number of nitrogens with zero attached hydrogens (tertiary/aromatic N) is 4. The number of hydrogen-bond donors (Lipinski definition) is 1. The minimum absolute atomic E-state index is 0.106. The number of aliphatic hydroxyl groups excluding tert-OH is 1. The van der Waals surface area contributed by atoms with E-state index in [9.17, 15) is 24.3 Å². The number of likely N-dealkylation sites (tertiary alicyclic amines) is 1. The summed E-state index contributed by atoms with van der Waals surface area (Å²) < 4.78 is 18.4. The van der Waals surface area contributed by atoms with Crippen molar-refractivity contribution in [3.8, 4) is 0 Å². The van der Waals surface area contributed by atoms with Gasteiger partial charge in [0.15, 0.2) is 0 Å². The summed E-state index contributed by atoms with van der Waals surface area (Å²) >= 11 is 0. The highest BCUT2D eigenvalue weighted by atomic mass is 16.6. The predicted molar refractivity (Wildman–Crippen MR) is 182 cm³/mol. The quantitative estimate of drug-likeness (QED) is 0.206. The van der Waals surface area contributed by atoms with Crippen LogP contribution in [0.25, 0.3) is 0 Å². The third-order valence-corrected chi connectivity index (χ3v) is 10.8. The van der Waals surface area contributed by atoms with Crippen LogP contribution in [0.2, 0.25) is 0 Å². The largest absolute Gasteiger partial charge is 0.455 e. The SMILES string of the molecule is C=CCCC(=O)N(C)[C@@H](C)[C@@H](OC(=O)[C@@H]1[C@H]2C(=O)N([C@H](C)CO)[C@H](C(=O)N(CC=C)CCN3CCOCC3)[C@]23CC[C@H]1O3)c1ccccc1. The lowest BCUT2D eigenvalue weighted by Crippen LogP contribution is -2.59. The molecule has 0 aromatic heterocycles. The summed E-state index contributed by atoms with van der Waals surface area (Å²) in [6.07, 6.45) is 3.64. The van der Waals surface area contributed by atoms with Gasteiger partial charge in [-0.05, 0) is 38.7 Å². The van der Waals surface area contributed by atoms with Crippen LogP contribution in [0.5, 0.6) is 0 Å². The van der Waals surface area contributed by atoms with Gasteiger partial charge in [-0.3, -0.25) is 24.1 Å². The summed E-state index contributed by atoms with van der Waals surface area (Å²) in [4.78, 5) is 63.3. The molecule has 1 aromatic rings. The maximum Gasteiger partial charge on any atom is 0.313 e. The Kier molecular flexibility index (Phi) is 12.0. The molecule has 0 radical (unpaired) electrons. The Morgan fingerprint density at radius 3 is 2.51 bits per heavy atom. The molecule has 12 heteroatoms. The predicted octanol–water partition coefficient (Wildman–Crippen LogP) is 2.19. The maximum atomic E-state index is 14.6. The number of carbonyl (C=O) groups excluding carboxylic acids is 4. The molecule has 4 heterocycles. The van der Waals surface area contributed by atoms with Crippen LogP contribution < -0.4 is 0 Å². The van der Waals surface area contributed by atoms with E-state index in [1.807, 2.05) is 37.3 Å². The lowest BCUT2D eigenvalue weighted by molar-refractivity contribution is -0.165. The molecule has 1 aromatic carbocycles. The van der Waals surface area contributed by atoms with E-state index >= 15 is 0 Å². The van der Waals surface area contributed by atoms with E-state index in [-0.39, 0.29) is 31.4 Å². The van der Waals surface area contributed by atoms with Crippen LogP contribution in [-0.2, 0) is 33.4 Å². The van der Waals surface area contributed by atoms with Crippen LogP contribution in [-0.4, -0.2) is 138 Å². The Morgan fingerprint density at radius 2 is 1.86 bits per heavy atom. The molecule has 49 heavy (non-hydrogen) atoms. The van der Waals surface area contributed by atoms with Crippen molar-refractivity contribution in [1.29, 1.82) is 0 Å². The number of fused-ring (bicyclic) bond motifs is 1. The highest BCUT2D eigenvalue weighted by molar-refractivity contribution is 5.98. The van der Waals surface area contributed by atoms with Gasteiger partial charge in [-0.1, -0.05) is 42.5 Å². The van der Waals surface area contributed by atoms with E-state index in [1.54, 1.807) is 35.9 Å². The zero-order valence-electron chi connectivity index (χ0n) is 29.1. The van der Waals surface area contributed by atoms with Crippen LogP contribution >= 0.6 is 0 Å². The number of hydrogen-bond acceptors (Lipinski definition) is 9. The molecule has 4 saturated heterocycles. The summed E-state index contributed by atoms with van der Waals surface area (Å²) in [7, 11) is 1.69. The molecule has 1 spiro atoms. The first-order chi connectivity index (χ1) is 23.6. The molecule has 12 nitrogen and oxygen atoms in total. The smallest absolute Gasteiger partial charge is 0.313 e. The molecule has 4 aliphatic heterocycles. The second kappa shape index (κ2) is 16.0. The summed E-state index contributed by atoms with van der Waals surface area (Å²) in [6.45, 7) is 14.9. The van der Waals surface area contributed by atoms with Crippen LogP contribution in [0, 0.1) is 11.8 Å². The number of morpholine rings is 1. The number of amides is 3. The van der Waals surface area contributed by atoms with Gasteiger partial charge in [0.05, 0.1) is 49.8 Å². The number of allylic oxidation sites excluding steroid dienone is 1. The Morgan fingerprint density at radius 1 is 1.14 bits per heavy atom. The molecular formula is C37H52N4O8. The monoisotopic (exact) mass is 680 g/mol. The highest BCUT2D eigenvalue weighted by Crippen LogP contribution is 2.59. The highest BCUT2D eigenvalue weighted by Gasteiger charge is 2.75. The normalized spacial score (nSPS) is 28.0. The minimum Gasteiger partial charge on any atom is -0.455 e. The van der Waals surface area contributed by atoms with Gasteiger partial charge in [0, 0.05) is 46.2 Å². The Balaban J connectivity index is 1.43. The molecule has 8 atom stereocenters. The van der Waals surface area contributed by atoms with E-state index in [2.05, 4.69) is 18.1 Å². The summed E-state index contributed by atoms with van der Waals surface area (Å²) in [5, 5.41) is 10.3. The van der Waals surface area contributed by atoms with E-state index in [0.717, 1.165) is 13.1 Å². The molecular weight excluding hydrogens is 628 g/mol. The minimum atomic E-state index is -1.24. The van der Waals surface area contributed by atoms with Crippen LogP contribution in [0.4, 0.5) is 0 Å². The maximum absolute atomic E-state index is 14.6. The van der Waals surface area contributed by atoms with Crippen molar-refractivity contribution in [1.82, 2.24) is 19.6 Å². The lowest BCUT2D eigenvalue weighted by atomic mass is 9.70. The van der Waals surface area contributed by atoms with Crippen LogP contribution in [0.15, 0.2) is 55.6 Å². The average molecular weight is 681 g/mol. The first-order valence-corrected chi connectivity index (χ1v) is 17.5. The van der Waals surface area contributed by atoms with Gasteiger partial charge in [-0.25, -0.2) is 0 Å². The first-order valence-electron chi connectivity index (χ1n) is 17.5. The number of likely N-dealkylation sites (N-methyl/N-ethyl adjacent to an activating group) is 1. The Labute approximate surface area is 289 Å². The number of esters is 1. The molecule has 1 N–H and O–H groups in total. The molecule has 5 rings (SSSR count). The van der Waals surface area contributed by atoms with Gasteiger partial charge < -0.3 is 34.0 Å².